The Morgan fingerprint density at radius 1 is 0.980 bits per heavy atom. The normalized spacial score (nSPS) is 16.0. The number of aliphatic imine (C=N–C) groups is 1. The molecule has 1 N–H and O–H groups in total. The van der Waals surface area contributed by atoms with Gasteiger partial charge in [0.05, 0.1) is 38.9 Å². The van der Waals surface area contributed by atoms with Crippen LogP contribution in [0.4, 0.5) is 5.69 Å². The largest absolute Gasteiger partial charge is 0.496 e. The van der Waals surface area contributed by atoms with Gasteiger partial charge in [0.15, 0.2) is 11.5 Å². The molecule has 2 heterocycles. The number of methoxy groups -OCH3 is 3. The van der Waals surface area contributed by atoms with Crippen molar-refractivity contribution in [1.29, 1.82) is 0 Å². The van der Waals surface area contributed by atoms with Crippen molar-refractivity contribution in [3.63, 3.8) is 0 Å². The zero-order chi connectivity index (χ0) is 34.5. The molecule has 2 aliphatic heterocycles. The van der Waals surface area contributed by atoms with Crippen LogP contribution in [-0.2, 0) is 22.6 Å². The predicted molar refractivity (Wildman–Crippen MR) is 194 cm³/mol. The van der Waals surface area contributed by atoms with E-state index in [4.69, 9.17) is 14.2 Å². The molecule has 0 radical (unpaired) electrons. The molecule has 0 aromatic heterocycles. The number of ether oxygens (including phenoxy) is 3. The Morgan fingerprint density at radius 3 is 2.49 bits per heavy atom. The lowest BCUT2D eigenvalue weighted by Gasteiger charge is -2.36. The highest BCUT2D eigenvalue weighted by atomic mass is 79.9. The second kappa shape index (κ2) is 15.0. The van der Waals surface area contributed by atoms with Crippen LogP contribution >= 0.6 is 15.9 Å². The van der Waals surface area contributed by atoms with Gasteiger partial charge >= 0.3 is 0 Å². The number of halogens is 1. The van der Waals surface area contributed by atoms with E-state index in [9.17, 15) is 9.59 Å². The van der Waals surface area contributed by atoms with Crippen molar-refractivity contribution in [3.05, 3.63) is 117 Å². The predicted octanol–water partition coefficient (Wildman–Crippen LogP) is 5.93. The monoisotopic (exact) mass is 723 g/mol. The lowest BCUT2D eigenvalue weighted by atomic mass is 9.92. The highest BCUT2D eigenvalue weighted by Crippen LogP contribution is 2.39. The molecule has 0 saturated carbocycles. The fourth-order valence-electron chi connectivity index (χ4n) is 6.39. The summed E-state index contributed by atoms with van der Waals surface area (Å²) in [5.41, 5.74) is 9.83. The van der Waals surface area contributed by atoms with Crippen LogP contribution in [-0.4, -0.2) is 69.6 Å². The van der Waals surface area contributed by atoms with Gasteiger partial charge in [-0.1, -0.05) is 46.3 Å². The maximum atomic E-state index is 13.2. The van der Waals surface area contributed by atoms with Crippen LogP contribution < -0.4 is 24.5 Å². The van der Waals surface area contributed by atoms with Gasteiger partial charge in [-0.2, -0.15) is 5.10 Å². The summed E-state index contributed by atoms with van der Waals surface area (Å²) in [6.45, 7) is 3.43. The van der Waals surface area contributed by atoms with E-state index < -0.39 is 5.91 Å². The van der Waals surface area contributed by atoms with Crippen molar-refractivity contribution in [1.82, 2.24) is 10.3 Å². The first-order valence-corrected chi connectivity index (χ1v) is 16.8. The van der Waals surface area contributed by atoms with Gasteiger partial charge in [0.2, 0.25) is 5.91 Å². The van der Waals surface area contributed by atoms with Crippen LogP contribution in [0.15, 0.2) is 93.4 Å². The number of hydrogen-bond acceptors (Lipinski definition) is 8. The summed E-state index contributed by atoms with van der Waals surface area (Å²) in [4.78, 5) is 34.9. The first-order chi connectivity index (χ1) is 23.8. The molecule has 0 aliphatic carbocycles. The Labute approximate surface area is 294 Å². The highest BCUT2D eigenvalue weighted by molar-refractivity contribution is 9.10. The van der Waals surface area contributed by atoms with Gasteiger partial charge in [-0.25, -0.2) is 5.43 Å². The Kier molecular flexibility index (Phi) is 10.4. The maximum absolute atomic E-state index is 13.2. The highest BCUT2D eigenvalue weighted by Gasteiger charge is 2.28. The van der Waals surface area contributed by atoms with Crippen molar-refractivity contribution in [2.24, 2.45) is 10.1 Å². The van der Waals surface area contributed by atoms with E-state index >= 15 is 0 Å². The second-order valence-electron chi connectivity index (χ2n) is 11.8. The molecule has 1 atom stereocenters. The minimum Gasteiger partial charge on any atom is -0.496 e. The number of benzene rings is 4. The summed E-state index contributed by atoms with van der Waals surface area (Å²) in [5, 5.41) is 4.23. The van der Waals surface area contributed by atoms with Crippen LogP contribution in [0.3, 0.4) is 0 Å². The molecule has 4 aromatic carbocycles. The van der Waals surface area contributed by atoms with E-state index in [2.05, 4.69) is 55.4 Å². The molecule has 2 aliphatic rings. The van der Waals surface area contributed by atoms with Crippen LogP contribution in [0.5, 0.6) is 17.2 Å². The number of nitrogens with one attached hydrogen (secondary N) is 1. The van der Waals surface area contributed by atoms with E-state index in [1.807, 2.05) is 66.7 Å². The molecule has 0 unspecified atom stereocenters. The Morgan fingerprint density at radius 2 is 1.73 bits per heavy atom. The van der Waals surface area contributed by atoms with Crippen LogP contribution in [0, 0.1) is 0 Å². The molecule has 0 fully saturated rings. The van der Waals surface area contributed by atoms with Crippen molar-refractivity contribution in [2.75, 3.05) is 45.9 Å². The van der Waals surface area contributed by atoms with E-state index in [0.29, 0.717) is 17.9 Å². The van der Waals surface area contributed by atoms with Crippen molar-refractivity contribution in [2.45, 2.75) is 25.9 Å². The number of carbonyl (C=O) groups is 2. The van der Waals surface area contributed by atoms with E-state index in [-0.39, 0.29) is 25.0 Å². The molecule has 11 heteroatoms. The number of carbonyl (C=O) groups excluding carboxylic acids is 2. The van der Waals surface area contributed by atoms with Crippen LogP contribution in [0.25, 0.3) is 0 Å². The van der Waals surface area contributed by atoms with Gasteiger partial charge in [-0.3, -0.25) is 19.5 Å². The molecule has 0 bridgehead atoms. The molecule has 0 spiro atoms. The number of hydrazone groups is 1. The lowest BCUT2D eigenvalue weighted by Crippen LogP contribution is -2.40. The molecule has 6 rings (SSSR count). The molecular formula is C38H38BrN5O5. The number of fused-ring (bicyclic) bond motifs is 2. The zero-order valence-electron chi connectivity index (χ0n) is 27.9. The van der Waals surface area contributed by atoms with Gasteiger partial charge in [-0.05, 0) is 78.6 Å². The average molecular weight is 725 g/mol. The van der Waals surface area contributed by atoms with Gasteiger partial charge in [0.25, 0.3) is 5.91 Å². The minimum atomic E-state index is -0.428. The van der Waals surface area contributed by atoms with Crippen molar-refractivity contribution in [3.8, 4) is 17.2 Å². The summed E-state index contributed by atoms with van der Waals surface area (Å²) in [6, 6.07) is 25.4. The third-order valence-corrected chi connectivity index (χ3v) is 9.41. The van der Waals surface area contributed by atoms with Gasteiger partial charge in [-0.15, -0.1) is 0 Å². The third-order valence-electron chi connectivity index (χ3n) is 8.92. The first kappa shape index (κ1) is 33.9. The standard InChI is InChI=1S/C38H38BrN5O5/c1-24-30-19-35(49-4)34(48-3)17-27(30)14-15-43(24)22-28-16-25(10-13-33(28)47-2)20-41-42-36(45)23-44-32-12-11-29(39)18-31(32)38(40-21-37(44)46)26-8-6-5-7-9-26/h5-13,16-20,24H,14-15,21-23H2,1-4H3,(H,42,45)/b41-20-/t24-/m0/s1. The van der Waals surface area contributed by atoms with Gasteiger partial charge in [0.1, 0.15) is 18.8 Å². The average Bonchev–Trinajstić information content (AvgIpc) is 3.24. The van der Waals surface area contributed by atoms with Crippen molar-refractivity contribution >= 4 is 45.4 Å². The number of anilines is 1. The lowest BCUT2D eigenvalue weighted by molar-refractivity contribution is -0.123. The molecule has 0 saturated heterocycles. The quantitative estimate of drug-likeness (QED) is 0.161. The molecule has 252 valence electrons. The fourth-order valence-corrected chi connectivity index (χ4v) is 6.75. The molecular weight excluding hydrogens is 686 g/mol. The number of hydrogen-bond donors (Lipinski definition) is 1. The molecule has 2 amide bonds. The maximum Gasteiger partial charge on any atom is 0.260 e. The minimum absolute atomic E-state index is 0.0787. The number of nitrogens with zero attached hydrogens (tertiary/aromatic N) is 4. The second-order valence-corrected chi connectivity index (χ2v) is 12.8. The summed E-state index contributed by atoms with van der Waals surface area (Å²) >= 11 is 3.54. The molecule has 49 heavy (non-hydrogen) atoms. The van der Waals surface area contributed by atoms with E-state index in [1.165, 1.54) is 16.0 Å². The zero-order valence-corrected chi connectivity index (χ0v) is 29.5. The molecule has 4 aromatic rings. The van der Waals surface area contributed by atoms with Crippen LogP contribution in [0.2, 0.25) is 0 Å². The topological polar surface area (TPSA) is 105 Å². The van der Waals surface area contributed by atoms with E-state index in [1.54, 1.807) is 27.5 Å². The summed E-state index contributed by atoms with van der Waals surface area (Å²) < 4.78 is 17.6. The SMILES string of the molecule is COc1ccc(/C=N\NC(=O)CN2C(=O)CN=C(c3ccccc3)c3cc(Br)ccc32)cc1CN1CCc2cc(OC)c(OC)cc2[C@@H]1C. The Balaban J connectivity index is 1.15. The number of rotatable bonds is 10. The summed E-state index contributed by atoms with van der Waals surface area (Å²) in [5.74, 6) is 1.53. The first-order valence-electron chi connectivity index (χ1n) is 16.0. The van der Waals surface area contributed by atoms with Gasteiger partial charge in [0, 0.05) is 40.3 Å². The fraction of sp³-hybridized carbons (Fsp3) is 0.263. The smallest absolute Gasteiger partial charge is 0.260 e. The van der Waals surface area contributed by atoms with Crippen molar-refractivity contribution < 1.29 is 23.8 Å². The Hall–Kier alpha value is -5.00. The van der Waals surface area contributed by atoms with E-state index in [0.717, 1.165) is 56.9 Å². The molecule has 10 nitrogen and oxygen atoms in total. The summed E-state index contributed by atoms with van der Waals surface area (Å²) in [6.07, 6.45) is 2.48. The third kappa shape index (κ3) is 7.38. The Bertz CT molecular complexity index is 1930. The number of benzodiazepines with no additional fused rings is 1. The number of amides is 2. The van der Waals surface area contributed by atoms with Crippen LogP contribution in [0.1, 0.15) is 46.3 Å². The summed E-state index contributed by atoms with van der Waals surface area (Å²) in [7, 11) is 4.97. The van der Waals surface area contributed by atoms with Gasteiger partial charge < -0.3 is 19.1 Å².